The van der Waals surface area contributed by atoms with Crippen LogP contribution in [0.5, 0.6) is 0 Å². The van der Waals surface area contributed by atoms with Crippen LogP contribution in [0, 0.1) is 12.8 Å². The molecule has 2 N–H and O–H groups in total. The number of hydrogen-bond donors (Lipinski definition) is 2. The summed E-state index contributed by atoms with van der Waals surface area (Å²) in [6.07, 6.45) is 0.484. The normalized spacial score (nSPS) is 10.4. The Balaban J connectivity index is 1.97. The molecular formula is C18H21N3O2. The Kier molecular flexibility index (Phi) is 5.46. The fourth-order valence-corrected chi connectivity index (χ4v) is 2.08. The van der Waals surface area contributed by atoms with Crippen molar-refractivity contribution in [1.82, 2.24) is 4.98 Å². The first kappa shape index (κ1) is 16.7. The van der Waals surface area contributed by atoms with Crippen molar-refractivity contribution in [1.29, 1.82) is 0 Å². The molecule has 1 heterocycles. The largest absolute Gasteiger partial charge is 0.326 e. The van der Waals surface area contributed by atoms with Gasteiger partial charge in [0, 0.05) is 23.5 Å². The van der Waals surface area contributed by atoms with Gasteiger partial charge in [0.15, 0.2) is 0 Å². The lowest BCUT2D eigenvalue weighted by Crippen LogP contribution is -2.15. The third kappa shape index (κ3) is 5.21. The van der Waals surface area contributed by atoms with E-state index in [0.29, 0.717) is 29.4 Å². The van der Waals surface area contributed by atoms with Crippen LogP contribution in [0.3, 0.4) is 0 Å². The molecule has 0 radical (unpaired) electrons. The topological polar surface area (TPSA) is 71.1 Å². The number of amides is 2. The molecule has 5 heteroatoms. The van der Waals surface area contributed by atoms with Gasteiger partial charge in [-0.25, -0.2) is 4.98 Å². The van der Waals surface area contributed by atoms with Crippen molar-refractivity contribution < 1.29 is 9.59 Å². The molecule has 1 aromatic heterocycles. The Hall–Kier alpha value is -2.69. The first-order chi connectivity index (χ1) is 10.9. The summed E-state index contributed by atoms with van der Waals surface area (Å²) in [7, 11) is 0. The number of rotatable bonds is 5. The highest BCUT2D eigenvalue weighted by Gasteiger charge is 2.08. The molecule has 0 saturated carbocycles. The summed E-state index contributed by atoms with van der Waals surface area (Å²) < 4.78 is 0. The van der Waals surface area contributed by atoms with Crippen LogP contribution in [0.2, 0.25) is 0 Å². The number of nitrogens with one attached hydrogen (secondary N) is 2. The number of pyridine rings is 1. The van der Waals surface area contributed by atoms with Gasteiger partial charge < -0.3 is 10.6 Å². The number of nitrogens with zero attached hydrogens (tertiary/aromatic N) is 1. The zero-order chi connectivity index (χ0) is 16.8. The molecule has 0 aliphatic rings. The van der Waals surface area contributed by atoms with Crippen molar-refractivity contribution in [2.24, 2.45) is 5.92 Å². The van der Waals surface area contributed by atoms with Crippen LogP contribution >= 0.6 is 0 Å². The van der Waals surface area contributed by atoms with Crippen molar-refractivity contribution >= 4 is 23.2 Å². The van der Waals surface area contributed by atoms with Crippen LogP contribution in [0.25, 0.3) is 0 Å². The molecule has 120 valence electrons. The SMILES string of the molecule is Cc1cccc(C(=O)Nc2ccc(NC(=O)CC(C)C)cc2)n1. The highest BCUT2D eigenvalue weighted by molar-refractivity contribution is 6.03. The Morgan fingerprint density at radius 2 is 1.61 bits per heavy atom. The number of benzene rings is 1. The summed E-state index contributed by atoms with van der Waals surface area (Å²) in [5.41, 5.74) is 2.53. The summed E-state index contributed by atoms with van der Waals surface area (Å²) in [5, 5.41) is 5.61. The second kappa shape index (κ2) is 7.54. The number of hydrogen-bond acceptors (Lipinski definition) is 3. The molecule has 23 heavy (non-hydrogen) atoms. The Morgan fingerprint density at radius 3 is 2.17 bits per heavy atom. The minimum absolute atomic E-state index is 0.0132. The van der Waals surface area contributed by atoms with E-state index in [2.05, 4.69) is 15.6 Å². The van der Waals surface area contributed by atoms with E-state index in [9.17, 15) is 9.59 Å². The number of carbonyl (C=O) groups is 2. The minimum Gasteiger partial charge on any atom is -0.326 e. The van der Waals surface area contributed by atoms with Gasteiger partial charge in [-0.05, 0) is 49.2 Å². The molecule has 0 saturated heterocycles. The van der Waals surface area contributed by atoms with Crippen molar-refractivity contribution in [3.63, 3.8) is 0 Å². The van der Waals surface area contributed by atoms with Crippen molar-refractivity contribution in [3.8, 4) is 0 Å². The maximum absolute atomic E-state index is 12.1. The lowest BCUT2D eigenvalue weighted by Gasteiger charge is -2.09. The molecule has 5 nitrogen and oxygen atoms in total. The van der Waals surface area contributed by atoms with Crippen LogP contribution in [0.4, 0.5) is 11.4 Å². The van der Waals surface area contributed by atoms with Crippen LogP contribution in [-0.4, -0.2) is 16.8 Å². The molecular weight excluding hydrogens is 290 g/mol. The monoisotopic (exact) mass is 311 g/mol. The zero-order valence-corrected chi connectivity index (χ0v) is 13.6. The molecule has 0 bridgehead atoms. The molecule has 0 spiro atoms. The summed E-state index contributed by atoms with van der Waals surface area (Å²) >= 11 is 0. The van der Waals surface area contributed by atoms with E-state index in [1.165, 1.54) is 0 Å². The second-order valence-electron chi connectivity index (χ2n) is 5.84. The third-order valence-corrected chi connectivity index (χ3v) is 3.14. The highest BCUT2D eigenvalue weighted by Crippen LogP contribution is 2.15. The van der Waals surface area contributed by atoms with Crippen molar-refractivity contribution in [3.05, 3.63) is 53.9 Å². The second-order valence-corrected chi connectivity index (χ2v) is 5.84. The molecule has 0 atom stereocenters. The number of aromatic nitrogens is 1. The number of aryl methyl sites for hydroxylation is 1. The standard InChI is InChI=1S/C18H21N3O2/c1-12(2)11-17(22)20-14-7-9-15(10-8-14)21-18(23)16-6-4-5-13(3)19-16/h4-10,12H,11H2,1-3H3,(H,20,22)(H,21,23). The Morgan fingerprint density at radius 1 is 1.00 bits per heavy atom. The fraction of sp³-hybridized carbons (Fsp3) is 0.278. The van der Waals surface area contributed by atoms with Gasteiger partial charge >= 0.3 is 0 Å². The van der Waals surface area contributed by atoms with Crippen molar-refractivity contribution in [2.45, 2.75) is 27.2 Å². The smallest absolute Gasteiger partial charge is 0.274 e. The van der Waals surface area contributed by atoms with Crippen LogP contribution in [0.1, 0.15) is 36.5 Å². The summed E-state index contributed by atoms with van der Waals surface area (Å²) in [6, 6.07) is 12.3. The minimum atomic E-state index is -0.259. The molecule has 2 rings (SSSR count). The quantitative estimate of drug-likeness (QED) is 0.886. The predicted molar refractivity (Wildman–Crippen MR) is 91.5 cm³/mol. The first-order valence-electron chi connectivity index (χ1n) is 7.59. The lowest BCUT2D eigenvalue weighted by atomic mass is 10.1. The maximum Gasteiger partial charge on any atom is 0.274 e. The molecule has 0 aliphatic carbocycles. The predicted octanol–water partition coefficient (Wildman–Crippen LogP) is 3.63. The summed E-state index contributed by atoms with van der Waals surface area (Å²) in [6.45, 7) is 5.83. The van der Waals surface area contributed by atoms with Gasteiger partial charge in [-0.3, -0.25) is 9.59 Å². The first-order valence-corrected chi connectivity index (χ1v) is 7.59. The maximum atomic E-state index is 12.1. The van der Waals surface area contributed by atoms with Crippen LogP contribution in [0.15, 0.2) is 42.5 Å². The van der Waals surface area contributed by atoms with Gasteiger partial charge in [0.25, 0.3) is 5.91 Å². The van der Waals surface area contributed by atoms with E-state index in [1.54, 1.807) is 36.4 Å². The molecule has 0 aliphatic heterocycles. The van der Waals surface area contributed by atoms with E-state index in [4.69, 9.17) is 0 Å². The Bertz CT molecular complexity index is 694. The molecule has 2 amide bonds. The van der Waals surface area contributed by atoms with E-state index in [0.717, 1.165) is 5.69 Å². The fourth-order valence-electron chi connectivity index (χ4n) is 2.08. The van der Waals surface area contributed by atoms with Gasteiger partial charge in [-0.1, -0.05) is 19.9 Å². The van der Waals surface area contributed by atoms with Crippen LogP contribution in [-0.2, 0) is 4.79 Å². The average Bonchev–Trinajstić information content (AvgIpc) is 2.48. The molecule has 1 aromatic carbocycles. The zero-order valence-electron chi connectivity index (χ0n) is 13.6. The van der Waals surface area contributed by atoms with Gasteiger partial charge in [-0.2, -0.15) is 0 Å². The van der Waals surface area contributed by atoms with Crippen LogP contribution < -0.4 is 10.6 Å². The van der Waals surface area contributed by atoms with Crippen molar-refractivity contribution in [2.75, 3.05) is 10.6 Å². The van der Waals surface area contributed by atoms with Gasteiger partial charge in [0.05, 0.1) is 0 Å². The van der Waals surface area contributed by atoms with E-state index >= 15 is 0 Å². The van der Waals surface area contributed by atoms with Gasteiger partial charge in [0.1, 0.15) is 5.69 Å². The Labute approximate surface area is 136 Å². The third-order valence-electron chi connectivity index (χ3n) is 3.14. The highest BCUT2D eigenvalue weighted by atomic mass is 16.2. The van der Waals surface area contributed by atoms with Gasteiger partial charge in [0.2, 0.25) is 5.91 Å². The lowest BCUT2D eigenvalue weighted by molar-refractivity contribution is -0.116. The van der Waals surface area contributed by atoms with E-state index in [1.807, 2.05) is 26.8 Å². The summed E-state index contributed by atoms with van der Waals surface area (Å²) in [4.78, 5) is 28.0. The average molecular weight is 311 g/mol. The summed E-state index contributed by atoms with van der Waals surface area (Å²) in [5.74, 6) is 0.0430. The molecule has 0 fully saturated rings. The number of carbonyl (C=O) groups excluding carboxylic acids is 2. The number of anilines is 2. The molecule has 2 aromatic rings. The van der Waals surface area contributed by atoms with Gasteiger partial charge in [-0.15, -0.1) is 0 Å². The van der Waals surface area contributed by atoms with E-state index < -0.39 is 0 Å². The van der Waals surface area contributed by atoms with E-state index in [-0.39, 0.29) is 11.8 Å². The molecule has 0 unspecified atom stereocenters.